The molecule has 1 N–H and O–H groups in total. The van der Waals surface area contributed by atoms with Crippen LogP contribution in [0.1, 0.15) is 24.8 Å². The average Bonchev–Trinajstić information content (AvgIpc) is 3.59. The molecule has 3 saturated heterocycles. The quantitative estimate of drug-likeness (QED) is 0.403. The Balaban J connectivity index is 1.10. The van der Waals surface area contributed by atoms with Gasteiger partial charge in [0.15, 0.2) is 0 Å². The first-order chi connectivity index (χ1) is 19.0. The van der Waals surface area contributed by atoms with Crippen molar-refractivity contribution in [1.82, 2.24) is 10.2 Å². The summed E-state index contributed by atoms with van der Waals surface area (Å²) < 4.78 is 24.7. The van der Waals surface area contributed by atoms with Crippen LogP contribution in [0.5, 0.6) is 5.75 Å². The second-order valence-electron chi connectivity index (χ2n) is 11.1. The normalized spacial score (nSPS) is 20.8. The molecule has 0 radical (unpaired) electrons. The van der Waals surface area contributed by atoms with Gasteiger partial charge in [-0.15, -0.1) is 0 Å². The van der Waals surface area contributed by atoms with E-state index in [1.165, 1.54) is 18.9 Å². The second kappa shape index (κ2) is 11.7. The first-order valence-corrected chi connectivity index (χ1v) is 14.4. The molecule has 39 heavy (non-hydrogen) atoms. The minimum absolute atomic E-state index is 0.00285. The number of hydrogen-bond acceptors (Lipinski definition) is 5. The summed E-state index contributed by atoms with van der Waals surface area (Å²) in [6.07, 6.45) is 4.01. The van der Waals surface area contributed by atoms with Crippen LogP contribution in [0.4, 0.5) is 10.1 Å². The number of halogens is 2. The molecule has 206 valence electrons. The topological polar surface area (TPSA) is 54.0 Å². The van der Waals surface area contributed by atoms with Gasteiger partial charge in [-0.25, -0.2) is 4.39 Å². The first-order valence-electron chi connectivity index (χ1n) is 14.0. The standard InChI is InChI=1S/C31H35ClFN3O3/c32-29-14-21(3-8-30(29)39-28-19-38-20-28)13-26(18-35-10-1-2-11-35)34-31(37)24-9-12-36(17-24)27-7-5-22-15-25(33)6-4-23(22)16-27/h3-8,14-16,24,26,28H,1-2,9-13,17-20H2,(H,34,37)/t24-,26?/m1/s1. The third-order valence-electron chi connectivity index (χ3n) is 8.11. The van der Waals surface area contributed by atoms with Crippen LogP contribution in [0.3, 0.4) is 0 Å². The van der Waals surface area contributed by atoms with Gasteiger partial charge in [-0.05, 0) is 91.5 Å². The van der Waals surface area contributed by atoms with Crippen LogP contribution in [0.15, 0.2) is 54.6 Å². The molecule has 3 aliphatic rings. The smallest absolute Gasteiger partial charge is 0.225 e. The number of ether oxygens (including phenoxy) is 2. The molecule has 3 heterocycles. The van der Waals surface area contributed by atoms with Gasteiger partial charge >= 0.3 is 0 Å². The lowest BCUT2D eigenvalue weighted by Gasteiger charge is -2.28. The number of carbonyl (C=O) groups is 1. The summed E-state index contributed by atoms with van der Waals surface area (Å²) in [5, 5.41) is 5.87. The fraction of sp³-hybridized carbons (Fsp3) is 0.452. The van der Waals surface area contributed by atoms with Gasteiger partial charge in [-0.3, -0.25) is 4.79 Å². The fourth-order valence-electron chi connectivity index (χ4n) is 5.88. The summed E-state index contributed by atoms with van der Waals surface area (Å²) in [5.74, 6) is 0.491. The fourth-order valence-corrected chi connectivity index (χ4v) is 6.13. The minimum Gasteiger partial charge on any atom is -0.484 e. The molecular weight excluding hydrogens is 517 g/mol. The van der Waals surface area contributed by atoms with Crippen molar-refractivity contribution in [3.8, 4) is 5.75 Å². The molecule has 3 aromatic rings. The molecule has 1 amide bonds. The summed E-state index contributed by atoms with van der Waals surface area (Å²) in [7, 11) is 0. The Bertz CT molecular complexity index is 1330. The van der Waals surface area contributed by atoms with Crippen LogP contribution < -0.4 is 15.0 Å². The zero-order valence-electron chi connectivity index (χ0n) is 22.1. The van der Waals surface area contributed by atoms with E-state index in [0.29, 0.717) is 37.0 Å². The molecule has 6 rings (SSSR count). The van der Waals surface area contributed by atoms with E-state index in [1.54, 1.807) is 6.07 Å². The second-order valence-corrected chi connectivity index (χ2v) is 11.5. The molecule has 0 bridgehead atoms. The Morgan fingerprint density at radius 2 is 1.85 bits per heavy atom. The number of hydrogen-bond donors (Lipinski definition) is 1. The highest BCUT2D eigenvalue weighted by Crippen LogP contribution is 2.30. The lowest BCUT2D eigenvalue weighted by molar-refractivity contribution is -0.125. The van der Waals surface area contributed by atoms with Crippen LogP contribution in [-0.2, 0) is 16.0 Å². The lowest BCUT2D eigenvalue weighted by atomic mass is 10.0. The number of rotatable bonds is 9. The molecule has 3 aliphatic heterocycles. The Morgan fingerprint density at radius 3 is 2.62 bits per heavy atom. The van der Waals surface area contributed by atoms with Gasteiger partial charge in [-0.2, -0.15) is 0 Å². The van der Waals surface area contributed by atoms with Crippen LogP contribution in [-0.4, -0.2) is 68.9 Å². The van der Waals surface area contributed by atoms with E-state index in [-0.39, 0.29) is 29.8 Å². The van der Waals surface area contributed by atoms with Crippen LogP contribution in [0.2, 0.25) is 5.02 Å². The summed E-state index contributed by atoms with van der Waals surface area (Å²) in [5.41, 5.74) is 2.16. The molecule has 8 heteroatoms. The van der Waals surface area contributed by atoms with Crippen molar-refractivity contribution in [3.63, 3.8) is 0 Å². The summed E-state index contributed by atoms with van der Waals surface area (Å²) in [4.78, 5) is 18.2. The maximum absolute atomic E-state index is 13.6. The lowest BCUT2D eigenvalue weighted by Crippen LogP contribution is -2.46. The van der Waals surface area contributed by atoms with Crippen molar-refractivity contribution < 1.29 is 18.7 Å². The summed E-state index contributed by atoms with van der Waals surface area (Å²) in [6.45, 7) is 5.68. The van der Waals surface area contributed by atoms with Crippen molar-refractivity contribution in [2.75, 3.05) is 50.8 Å². The van der Waals surface area contributed by atoms with E-state index in [9.17, 15) is 9.18 Å². The summed E-state index contributed by atoms with van der Waals surface area (Å²) >= 11 is 6.55. The van der Waals surface area contributed by atoms with Crippen LogP contribution >= 0.6 is 11.6 Å². The first kappa shape index (κ1) is 26.4. The van der Waals surface area contributed by atoms with E-state index in [2.05, 4.69) is 21.2 Å². The Kier molecular flexibility index (Phi) is 7.91. The van der Waals surface area contributed by atoms with Crippen molar-refractivity contribution >= 4 is 34.0 Å². The van der Waals surface area contributed by atoms with Gasteiger partial charge in [0, 0.05) is 31.4 Å². The van der Waals surface area contributed by atoms with Gasteiger partial charge < -0.3 is 24.6 Å². The van der Waals surface area contributed by atoms with Gasteiger partial charge in [0.05, 0.1) is 24.2 Å². The molecule has 6 nitrogen and oxygen atoms in total. The van der Waals surface area contributed by atoms with Crippen molar-refractivity contribution in [1.29, 1.82) is 0 Å². The predicted molar refractivity (Wildman–Crippen MR) is 152 cm³/mol. The predicted octanol–water partition coefficient (Wildman–Crippen LogP) is 5.06. The number of benzene rings is 3. The average molecular weight is 552 g/mol. The molecule has 0 saturated carbocycles. The largest absolute Gasteiger partial charge is 0.484 e. The maximum Gasteiger partial charge on any atom is 0.225 e. The highest BCUT2D eigenvalue weighted by Gasteiger charge is 2.31. The van der Waals surface area contributed by atoms with Crippen LogP contribution in [0.25, 0.3) is 10.8 Å². The zero-order valence-corrected chi connectivity index (χ0v) is 22.8. The van der Waals surface area contributed by atoms with E-state index in [1.807, 2.05) is 36.4 Å². The highest BCUT2D eigenvalue weighted by atomic mass is 35.5. The monoisotopic (exact) mass is 551 g/mol. The van der Waals surface area contributed by atoms with Gasteiger partial charge in [0.2, 0.25) is 5.91 Å². The third kappa shape index (κ3) is 6.32. The molecule has 2 atom stereocenters. The third-order valence-corrected chi connectivity index (χ3v) is 8.41. The summed E-state index contributed by atoms with van der Waals surface area (Å²) in [6, 6.07) is 16.9. The Hall–Kier alpha value is -2.87. The van der Waals surface area contributed by atoms with Gasteiger partial charge in [0.25, 0.3) is 0 Å². The number of nitrogens with zero attached hydrogens (tertiary/aromatic N) is 2. The van der Waals surface area contributed by atoms with E-state index < -0.39 is 0 Å². The SMILES string of the molecule is O=C(NC(Cc1ccc(OC2COC2)c(Cl)c1)CN1CCCC1)[C@@H]1CCN(c2ccc3cc(F)ccc3c2)C1. The highest BCUT2D eigenvalue weighted by molar-refractivity contribution is 6.32. The molecule has 3 aromatic carbocycles. The van der Waals surface area contributed by atoms with Gasteiger partial charge in [0.1, 0.15) is 17.7 Å². The molecule has 1 unspecified atom stereocenters. The molecular formula is C31H35ClFN3O3. The Morgan fingerprint density at radius 1 is 1.05 bits per heavy atom. The van der Waals surface area contributed by atoms with E-state index in [4.69, 9.17) is 21.1 Å². The van der Waals surface area contributed by atoms with E-state index in [0.717, 1.165) is 54.6 Å². The number of nitrogens with one attached hydrogen (secondary N) is 1. The zero-order chi connectivity index (χ0) is 26.8. The number of likely N-dealkylation sites (tertiary alicyclic amines) is 1. The minimum atomic E-state index is -0.230. The molecule has 0 aromatic heterocycles. The van der Waals surface area contributed by atoms with Crippen molar-refractivity contribution in [2.24, 2.45) is 5.92 Å². The molecule has 0 aliphatic carbocycles. The Labute approximate surface area is 234 Å². The maximum atomic E-state index is 13.6. The number of carbonyl (C=O) groups excluding carboxylic acids is 1. The molecule has 0 spiro atoms. The molecule has 3 fully saturated rings. The van der Waals surface area contributed by atoms with Crippen molar-refractivity contribution in [2.45, 2.75) is 37.8 Å². The van der Waals surface area contributed by atoms with Crippen molar-refractivity contribution in [3.05, 3.63) is 71.0 Å². The van der Waals surface area contributed by atoms with Crippen LogP contribution in [0, 0.1) is 11.7 Å². The van der Waals surface area contributed by atoms with Gasteiger partial charge in [-0.1, -0.05) is 29.8 Å². The van der Waals surface area contributed by atoms with E-state index >= 15 is 0 Å². The number of fused-ring (bicyclic) bond motifs is 1. The number of anilines is 1. The number of amides is 1.